The van der Waals surface area contributed by atoms with Gasteiger partial charge in [0.2, 0.25) is 10.0 Å². The van der Waals surface area contributed by atoms with E-state index in [1.54, 1.807) is 6.20 Å². The van der Waals surface area contributed by atoms with Crippen molar-refractivity contribution in [2.24, 2.45) is 16.7 Å². The molecular formula is C24H37N5O4S. The topological polar surface area (TPSA) is 129 Å². The summed E-state index contributed by atoms with van der Waals surface area (Å²) in [6.07, 6.45) is 5.30. The Labute approximate surface area is 201 Å². The zero-order valence-corrected chi connectivity index (χ0v) is 21.5. The number of anilines is 1. The maximum absolute atomic E-state index is 12.9. The third-order valence-corrected chi connectivity index (χ3v) is 9.72. The summed E-state index contributed by atoms with van der Waals surface area (Å²) in [7, 11) is -3.55. The molecule has 2 aromatic rings. The number of aryl methyl sites for hydroxylation is 2. The second kappa shape index (κ2) is 9.20. The summed E-state index contributed by atoms with van der Waals surface area (Å²) in [5, 5.41) is 0. The van der Waals surface area contributed by atoms with Gasteiger partial charge in [-0.25, -0.2) is 23.1 Å². The van der Waals surface area contributed by atoms with Crippen LogP contribution in [0.5, 0.6) is 0 Å². The average Bonchev–Trinajstić information content (AvgIpc) is 3.31. The van der Waals surface area contributed by atoms with Gasteiger partial charge < -0.3 is 15.0 Å². The number of nitrogen functional groups attached to an aromatic ring is 1. The molecule has 4 rings (SSSR count). The van der Waals surface area contributed by atoms with Crippen molar-refractivity contribution >= 4 is 32.7 Å². The molecule has 9 nitrogen and oxygen atoms in total. The van der Waals surface area contributed by atoms with Gasteiger partial charge in [0.15, 0.2) is 5.82 Å². The molecule has 0 aromatic carbocycles. The lowest BCUT2D eigenvalue weighted by atomic mass is 9.70. The number of pyridine rings is 1. The maximum Gasteiger partial charge on any atom is 0.212 e. The number of aromatic nitrogens is 3. The van der Waals surface area contributed by atoms with E-state index in [9.17, 15) is 13.2 Å². The molecule has 2 aliphatic rings. The first-order chi connectivity index (χ1) is 16.0. The van der Waals surface area contributed by atoms with Crippen LogP contribution >= 0.6 is 0 Å². The lowest BCUT2D eigenvalue weighted by Gasteiger charge is -2.36. The van der Waals surface area contributed by atoms with Crippen LogP contribution in [0.15, 0.2) is 6.20 Å². The Kier molecular flexibility index (Phi) is 6.78. The zero-order chi connectivity index (χ0) is 24.7. The third kappa shape index (κ3) is 4.24. The van der Waals surface area contributed by atoms with E-state index < -0.39 is 15.4 Å². The number of rotatable bonds is 11. The number of imidazole rings is 1. The standard InChI is InChI=1S/C24H37N5O4S/c1-5-33-14-19-28-20-21(16(2)13-26-22(20)25)29(19)11-7-6-10-27-34(31,32)15-24-9-8-17(12-18(24)30)23(24,3)4/h13,17,27H,5-12,14-15H2,1-4H3,(H2,25,26)/t17?,24-/m1/s1. The first-order valence-electron chi connectivity index (χ1n) is 12.2. The van der Waals surface area contributed by atoms with E-state index in [2.05, 4.69) is 33.1 Å². The number of unbranched alkanes of at least 4 members (excludes halogenated alkanes) is 1. The van der Waals surface area contributed by atoms with E-state index in [4.69, 9.17) is 10.5 Å². The van der Waals surface area contributed by atoms with Gasteiger partial charge in [-0.1, -0.05) is 13.8 Å². The molecule has 0 radical (unpaired) electrons. The SMILES string of the molecule is CCOCc1nc2c(N)ncc(C)c2n1CCCCNS(=O)(=O)C[C@]12CCC(CC1=O)C2(C)C. The van der Waals surface area contributed by atoms with E-state index >= 15 is 0 Å². The van der Waals surface area contributed by atoms with Crippen molar-refractivity contribution < 1.29 is 17.9 Å². The van der Waals surface area contributed by atoms with E-state index in [0.717, 1.165) is 29.7 Å². The fourth-order valence-electron chi connectivity index (χ4n) is 6.02. The van der Waals surface area contributed by atoms with Gasteiger partial charge >= 0.3 is 0 Å². The number of nitrogens with zero attached hydrogens (tertiary/aromatic N) is 3. The van der Waals surface area contributed by atoms with Gasteiger partial charge in [0.25, 0.3) is 0 Å². The highest BCUT2D eigenvalue weighted by Crippen LogP contribution is 2.64. The number of hydrogen-bond acceptors (Lipinski definition) is 7. The molecule has 2 fully saturated rings. The van der Waals surface area contributed by atoms with E-state index in [1.165, 1.54) is 0 Å². The second-order valence-corrected chi connectivity index (χ2v) is 12.2. The van der Waals surface area contributed by atoms with Crippen LogP contribution in [0.3, 0.4) is 0 Å². The summed E-state index contributed by atoms with van der Waals surface area (Å²) in [6.45, 7) is 10.0. The molecule has 0 aliphatic heterocycles. The molecule has 2 saturated carbocycles. The van der Waals surface area contributed by atoms with Gasteiger partial charge in [-0.3, -0.25) is 4.79 Å². The van der Waals surface area contributed by atoms with Crippen LogP contribution in [-0.4, -0.2) is 47.6 Å². The van der Waals surface area contributed by atoms with Crippen molar-refractivity contribution in [2.45, 2.75) is 73.0 Å². The third-order valence-electron chi connectivity index (χ3n) is 8.20. The minimum atomic E-state index is -3.55. The molecular weight excluding hydrogens is 454 g/mol. The normalized spacial score (nSPS) is 23.9. The van der Waals surface area contributed by atoms with Crippen molar-refractivity contribution in [3.63, 3.8) is 0 Å². The van der Waals surface area contributed by atoms with Crippen LogP contribution in [0.2, 0.25) is 0 Å². The quantitative estimate of drug-likeness (QED) is 0.462. The molecule has 0 amide bonds. The van der Waals surface area contributed by atoms with Crippen LogP contribution in [0, 0.1) is 23.7 Å². The summed E-state index contributed by atoms with van der Waals surface area (Å²) in [5.74, 6) is 1.51. The summed E-state index contributed by atoms with van der Waals surface area (Å²) in [4.78, 5) is 21.6. The van der Waals surface area contributed by atoms with Crippen molar-refractivity contribution in [3.8, 4) is 0 Å². The van der Waals surface area contributed by atoms with Gasteiger partial charge in [0.05, 0.1) is 11.3 Å². The molecule has 1 unspecified atom stereocenters. The Hall–Kier alpha value is -2.04. The largest absolute Gasteiger partial charge is 0.382 e. The lowest BCUT2D eigenvalue weighted by molar-refractivity contribution is -0.128. The molecule has 2 bridgehead atoms. The van der Waals surface area contributed by atoms with E-state index in [0.29, 0.717) is 62.8 Å². The highest BCUT2D eigenvalue weighted by atomic mass is 32.2. The van der Waals surface area contributed by atoms with Crippen molar-refractivity contribution in [2.75, 3.05) is 24.6 Å². The van der Waals surface area contributed by atoms with Crippen LogP contribution in [0.25, 0.3) is 11.0 Å². The number of carbonyl (C=O) groups is 1. The number of hydrogen-bond donors (Lipinski definition) is 2. The number of ketones is 1. The van der Waals surface area contributed by atoms with Crippen molar-refractivity contribution in [3.05, 3.63) is 17.6 Å². The lowest BCUT2D eigenvalue weighted by Crippen LogP contribution is -2.45. The Morgan fingerprint density at radius 2 is 2.09 bits per heavy atom. The minimum Gasteiger partial charge on any atom is -0.382 e. The summed E-state index contributed by atoms with van der Waals surface area (Å²) >= 11 is 0. The number of Topliss-reactive ketones (excluding diaryl/α,β-unsaturated/α-hetero) is 1. The van der Waals surface area contributed by atoms with E-state index in [1.807, 2.05) is 13.8 Å². The number of nitrogens with two attached hydrogens (primary N) is 1. The van der Waals surface area contributed by atoms with Crippen molar-refractivity contribution in [1.29, 1.82) is 0 Å². The molecule has 188 valence electrons. The molecule has 0 saturated heterocycles. The highest BCUT2D eigenvalue weighted by Gasteiger charge is 2.65. The number of carbonyl (C=O) groups excluding carboxylic acids is 1. The van der Waals surface area contributed by atoms with Crippen LogP contribution in [-0.2, 0) is 32.7 Å². The summed E-state index contributed by atoms with van der Waals surface area (Å²) < 4.78 is 36.3. The summed E-state index contributed by atoms with van der Waals surface area (Å²) in [5.41, 5.74) is 7.66. The number of ether oxygens (including phenoxy) is 1. The molecule has 2 aliphatic carbocycles. The molecule has 2 heterocycles. The van der Waals surface area contributed by atoms with Crippen LogP contribution < -0.4 is 10.5 Å². The first-order valence-corrected chi connectivity index (χ1v) is 13.9. The fraction of sp³-hybridized carbons (Fsp3) is 0.708. The van der Waals surface area contributed by atoms with Gasteiger partial charge in [0, 0.05) is 37.7 Å². The van der Waals surface area contributed by atoms with Gasteiger partial charge in [-0.05, 0) is 56.4 Å². The molecule has 3 N–H and O–H groups in total. The second-order valence-electron chi connectivity index (χ2n) is 10.4. The molecule has 2 aromatic heterocycles. The van der Waals surface area contributed by atoms with Gasteiger partial charge in [0.1, 0.15) is 23.7 Å². The van der Waals surface area contributed by atoms with Crippen LogP contribution in [0.4, 0.5) is 5.82 Å². The Morgan fingerprint density at radius 3 is 2.74 bits per heavy atom. The maximum atomic E-state index is 12.9. The van der Waals surface area contributed by atoms with Crippen LogP contribution in [0.1, 0.15) is 64.3 Å². The van der Waals surface area contributed by atoms with Crippen molar-refractivity contribution in [1.82, 2.24) is 19.3 Å². The molecule has 2 atom stereocenters. The summed E-state index contributed by atoms with van der Waals surface area (Å²) in [6, 6.07) is 0. The predicted octanol–water partition coefficient (Wildman–Crippen LogP) is 2.95. The Bertz CT molecular complexity index is 1190. The Morgan fingerprint density at radius 1 is 1.32 bits per heavy atom. The molecule has 34 heavy (non-hydrogen) atoms. The first kappa shape index (κ1) is 25.1. The highest BCUT2D eigenvalue weighted by molar-refractivity contribution is 7.89. The Balaban J connectivity index is 1.38. The average molecular weight is 492 g/mol. The number of sulfonamides is 1. The van der Waals surface area contributed by atoms with Gasteiger partial charge in [-0.15, -0.1) is 0 Å². The fourth-order valence-corrected chi connectivity index (χ4v) is 7.90. The molecule has 0 spiro atoms. The predicted molar refractivity (Wildman–Crippen MR) is 132 cm³/mol. The molecule has 10 heteroatoms. The van der Waals surface area contributed by atoms with Gasteiger partial charge in [-0.2, -0.15) is 0 Å². The minimum absolute atomic E-state index is 0.0987. The number of fused-ring (bicyclic) bond motifs is 3. The smallest absolute Gasteiger partial charge is 0.212 e. The van der Waals surface area contributed by atoms with E-state index in [-0.39, 0.29) is 17.0 Å². The number of nitrogens with one attached hydrogen (secondary N) is 1. The monoisotopic (exact) mass is 491 g/mol. The zero-order valence-electron chi connectivity index (χ0n) is 20.7.